The summed E-state index contributed by atoms with van der Waals surface area (Å²) in [5, 5.41) is 0. The molecule has 3 heteroatoms. The van der Waals surface area contributed by atoms with Crippen LogP contribution in [0.25, 0.3) is 0 Å². The topological polar surface area (TPSA) is 33.2 Å². The summed E-state index contributed by atoms with van der Waals surface area (Å²) in [5.74, 6) is 0.00716. The molecule has 0 atom stereocenters. The lowest BCUT2D eigenvalue weighted by molar-refractivity contribution is 0.0987. The Balaban J connectivity index is 1.84. The van der Waals surface area contributed by atoms with Gasteiger partial charge in [0.05, 0.1) is 0 Å². The zero-order valence-electron chi connectivity index (χ0n) is 12.8. The molecular formula is C20H18N2O. The predicted molar refractivity (Wildman–Crippen MR) is 92.5 cm³/mol. The summed E-state index contributed by atoms with van der Waals surface area (Å²) < 4.78 is 0. The number of aromatic nitrogens is 1. The third-order valence-corrected chi connectivity index (χ3v) is 3.65. The second-order valence-electron chi connectivity index (χ2n) is 5.23. The van der Waals surface area contributed by atoms with Crippen molar-refractivity contribution in [3.63, 3.8) is 0 Å². The van der Waals surface area contributed by atoms with Crippen LogP contribution in [-0.4, -0.2) is 17.4 Å². The average Bonchev–Trinajstić information content (AvgIpc) is 2.64. The van der Waals surface area contributed by atoms with Crippen LogP contribution in [0.1, 0.15) is 16.1 Å². The van der Waals surface area contributed by atoms with E-state index < -0.39 is 0 Å². The van der Waals surface area contributed by atoms with Crippen molar-refractivity contribution in [2.24, 2.45) is 0 Å². The minimum atomic E-state index is 0.00716. The summed E-state index contributed by atoms with van der Waals surface area (Å²) in [6, 6.07) is 25.0. The lowest BCUT2D eigenvalue weighted by Crippen LogP contribution is -2.33. The fraction of sp³-hybridized carbons (Fsp3) is 0.100. The van der Waals surface area contributed by atoms with E-state index in [1.807, 2.05) is 83.8 Å². The highest BCUT2D eigenvalue weighted by Crippen LogP contribution is 2.17. The first-order valence-corrected chi connectivity index (χ1v) is 7.66. The van der Waals surface area contributed by atoms with Gasteiger partial charge in [-0.1, -0.05) is 42.5 Å². The molecule has 3 rings (SSSR count). The molecule has 1 aromatic heterocycles. The highest BCUT2D eigenvalue weighted by atomic mass is 16.2. The average molecular weight is 302 g/mol. The zero-order valence-corrected chi connectivity index (χ0v) is 12.8. The molecule has 0 bridgehead atoms. The molecule has 0 fully saturated rings. The summed E-state index contributed by atoms with van der Waals surface area (Å²) in [6.45, 7) is 0.592. The number of hydrogen-bond donors (Lipinski definition) is 0. The van der Waals surface area contributed by atoms with Crippen LogP contribution in [0.4, 0.5) is 5.69 Å². The van der Waals surface area contributed by atoms with Crippen LogP contribution < -0.4 is 4.90 Å². The van der Waals surface area contributed by atoms with Gasteiger partial charge in [0, 0.05) is 36.1 Å². The van der Waals surface area contributed by atoms with E-state index in [1.165, 1.54) is 0 Å². The lowest BCUT2D eigenvalue weighted by atomic mass is 10.1. The van der Waals surface area contributed by atoms with Gasteiger partial charge < -0.3 is 4.90 Å². The van der Waals surface area contributed by atoms with Gasteiger partial charge in [0.25, 0.3) is 5.91 Å². The van der Waals surface area contributed by atoms with Crippen molar-refractivity contribution in [3.05, 3.63) is 96.3 Å². The number of rotatable bonds is 5. The maximum absolute atomic E-state index is 12.9. The van der Waals surface area contributed by atoms with E-state index in [0.29, 0.717) is 18.5 Å². The third-order valence-electron chi connectivity index (χ3n) is 3.65. The minimum absolute atomic E-state index is 0.00716. The Morgan fingerprint density at radius 1 is 0.826 bits per heavy atom. The molecule has 0 unspecified atom stereocenters. The number of para-hydroxylation sites is 1. The normalized spacial score (nSPS) is 10.3. The fourth-order valence-electron chi connectivity index (χ4n) is 2.46. The Labute approximate surface area is 136 Å². The van der Waals surface area contributed by atoms with E-state index in [2.05, 4.69) is 4.98 Å². The molecule has 0 N–H and O–H groups in total. The Kier molecular flexibility index (Phi) is 4.79. The van der Waals surface area contributed by atoms with E-state index in [0.717, 1.165) is 11.4 Å². The SMILES string of the molecule is O=C(c1ccccc1)N(CCc1ccccn1)c1ccccc1. The first kappa shape index (κ1) is 15.0. The summed E-state index contributed by atoms with van der Waals surface area (Å²) in [4.78, 5) is 19.0. The molecule has 0 saturated heterocycles. The highest BCUT2D eigenvalue weighted by Gasteiger charge is 2.17. The number of carbonyl (C=O) groups excluding carboxylic acids is 1. The van der Waals surface area contributed by atoms with Crippen LogP contribution in [0, 0.1) is 0 Å². The standard InChI is InChI=1S/C20H18N2O/c23-20(17-9-3-1-4-10-17)22(19-12-5-2-6-13-19)16-14-18-11-7-8-15-21-18/h1-13,15H,14,16H2. The Bertz CT molecular complexity index is 742. The molecule has 0 spiro atoms. The van der Waals surface area contributed by atoms with Gasteiger partial charge >= 0.3 is 0 Å². The first-order valence-electron chi connectivity index (χ1n) is 7.66. The number of hydrogen-bond acceptors (Lipinski definition) is 2. The Morgan fingerprint density at radius 3 is 2.13 bits per heavy atom. The van der Waals surface area contributed by atoms with Crippen molar-refractivity contribution >= 4 is 11.6 Å². The smallest absolute Gasteiger partial charge is 0.258 e. The molecule has 0 radical (unpaired) electrons. The van der Waals surface area contributed by atoms with Crippen LogP contribution in [0.15, 0.2) is 85.1 Å². The highest BCUT2D eigenvalue weighted by molar-refractivity contribution is 6.06. The Morgan fingerprint density at radius 2 is 1.48 bits per heavy atom. The van der Waals surface area contributed by atoms with Crippen LogP contribution in [0.3, 0.4) is 0 Å². The fourth-order valence-corrected chi connectivity index (χ4v) is 2.46. The van der Waals surface area contributed by atoms with Gasteiger partial charge in [0.2, 0.25) is 0 Å². The van der Waals surface area contributed by atoms with Crippen LogP contribution in [-0.2, 0) is 6.42 Å². The van der Waals surface area contributed by atoms with Crippen molar-refractivity contribution in [1.29, 1.82) is 0 Å². The number of anilines is 1. The number of benzene rings is 2. The van der Waals surface area contributed by atoms with Gasteiger partial charge in [-0.25, -0.2) is 0 Å². The molecule has 2 aromatic carbocycles. The van der Waals surface area contributed by atoms with E-state index in [-0.39, 0.29) is 5.91 Å². The van der Waals surface area contributed by atoms with Gasteiger partial charge in [-0.3, -0.25) is 9.78 Å². The lowest BCUT2D eigenvalue weighted by Gasteiger charge is -2.23. The second kappa shape index (κ2) is 7.36. The van der Waals surface area contributed by atoms with Crippen molar-refractivity contribution in [3.8, 4) is 0 Å². The molecule has 114 valence electrons. The maximum Gasteiger partial charge on any atom is 0.258 e. The molecule has 0 aliphatic rings. The monoisotopic (exact) mass is 302 g/mol. The van der Waals surface area contributed by atoms with Crippen molar-refractivity contribution in [1.82, 2.24) is 4.98 Å². The summed E-state index contributed by atoms with van der Waals surface area (Å²) in [7, 11) is 0. The van der Waals surface area contributed by atoms with Gasteiger partial charge in [0.1, 0.15) is 0 Å². The quantitative estimate of drug-likeness (QED) is 0.714. The summed E-state index contributed by atoms with van der Waals surface area (Å²) in [6.07, 6.45) is 2.50. The molecule has 1 heterocycles. The summed E-state index contributed by atoms with van der Waals surface area (Å²) >= 11 is 0. The number of nitrogens with zero attached hydrogens (tertiary/aromatic N) is 2. The summed E-state index contributed by atoms with van der Waals surface area (Å²) in [5.41, 5.74) is 2.57. The van der Waals surface area contributed by atoms with Crippen molar-refractivity contribution in [2.75, 3.05) is 11.4 Å². The molecule has 0 saturated carbocycles. The minimum Gasteiger partial charge on any atom is -0.308 e. The van der Waals surface area contributed by atoms with Crippen molar-refractivity contribution < 1.29 is 4.79 Å². The van der Waals surface area contributed by atoms with E-state index in [9.17, 15) is 4.79 Å². The molecular weight excluding hydrogens is 284 g/mol. The second-order valence-corrected chi connectivity index (χ2v) is 5.23. The Hall–Kier alpha value is -2.94. The van der Waals surface area contributed by atoms with E-state index in [1.54, 1.807) is 6.20 Å². The molecule has 0 aliphatic carbocycles. The molecule has 3 nitrogen and oxygen atoms in total. The van der Waals surface area contributed by atoms with E-state index in [4.69, 9.17) is 0 Å². The zero-order chi connectivity index (χ0) is 15.9. The van der Waals surface area contributed by atoms with Crippen LogP contribution >= 0.6 is 0 Å². The molecule has 23 heavy (non-hydrogen) atoms. The molecule has 1 amide bonds. The van der Waals surface area contributed by atoms with E-state index >= 15 is 0 Å². The first-order chi connectivity index (χ1) is 11.3. The number of pyridine rings is 1. The van der Waals surface area contributed by atoms with Crippen LogP contribution in [0.5, 0.6) is 0 Å². The third kappa shape index (κ3) is 3.83. The van der Waals surface area contributed by atoms with Gasteiger partial charge in [0.15, 0.2) is 0 Å². The van der Waals surface area contributed by atoms with Crippen molar-refractivity contribution in [2.45, 2.75) is 6.42 Å². The molecule has 3 aromatic rings. The van der Waals surface area contributed by atoms with Gasteiger partial charge in [-0.15, -0.1) is 0 Å². The number of carbonyl (C=O) groups is 1. The number of amides is 1. The van der Waals surface area contributed by atoms with Gasteiger partial charge in [-0.05, 0) is 36.4 Å². The molecule has 0 aliphatic heterocycles. The maximum atomic E-state index is 12.9. The van der Waals surface area contributed by atoms with Crippen LogP contribution in [0.2, 0.25) is 0 Å². The van der Waals surface area contributed by atoms with Gasteiger partial charge in [-0.2, -0.15) is 0 Å². The largest absolute Gasteiger partial charge is 0.308 e. The predicted octanol–water partition coefficient (Wildman–Crippen LogP) is 3.97.